The Bertz CT molecular complexity index is 2860. The quantitative estimate of drug-likeness (QED) is 0.0795. The second kappa shape index (κ2) is 24.2. The molecular formula is C55H60F6N8O4. The molecular weight excluding hydrogens is 951 g/mol. The number of hydrogen-bond acceptors (Lipinski definition) is 10. The van der Waals surface area contributed by atoms with Gasteiger partial charge in [0.05, 0.1) is 36.7 Å². The van der Waals surface area contributed by atoms with Crippen molar-refractivity contribution in [2.75, 3.05) is 47.4 Å². The fraction of sp³-hybridized carbons (Fsp3) is 0.382. The smallest absolute Gasteiger partial charge is 0.419 e. The number of carbonyl (C=O) groups is 2. The summed E-state index contributed by atoms with van der Waals surface area (Å²) in [6.07, 6.45) is -2.05. The van der Waals surface area contributed by atoms with E-state index < -0.39 is 35.3 Å². The number of methoxy groups -OCH3 is 2. The summed E-state index contributed by atoms with van der Waals surface area (Å²) in [6.45, 7) is 4.04. The number of likely N-dealkylation sites (tertiary alicyclic amines) is 1. The summed E-state index contributed by atoms with van der Waals surface area (Å²) in [5.41, 5.74) is 14.8. The number of hydrogen-bond donors (Lipinski definition) is 3. The summed E-state index contributed by atoms with van der Waals surface area (Å²) < 4.78 is 93.4. The van der Waals surface area contributed by atoms with Crippen molar-refractivity contribution in [2.45, 2.75) is 88.4 Å². The molecule has 4 heterocycles. The fourth-order valence-corrected chi connectivity index (χ4v) is 9.39. The number of nitrogens with one attached hydrogen (secondary N) is 1. The first kappa shape index (κ1) is 53.9. The number of nitrogens with two attached hydrogens (primary N) is 2. The van der Waals surface area contributed by atoms with Gasteiger partial charge in [0.15, 0.2) is 0 Å². The molecule has 0 saturated carbocycles. The standard InChI is InChI=1S/C28H31F3N4O2.C27H29F3N4O2/c1-35-12-10-19(11-13-35)20-7-8-21(25(15-20)37-2)16-26-33-17-23(28(29,30)31)24(34-26)9-6-18-4-3-5-22(14-18)27(32)36;1-36-24-14-19(18-9-11-32-12-10-18)6-7-20(24)15-25-33-16-22(27(28,29)30)23(34-25)8-5-17-3-2-4-21(13-17)26(31)35/h3-5,7-8,14-15,17,19H,6,9-13,16H2,1-2H3,(H2,32,36);2-4,6-7,13-14,16,18,32H,5,8-12,15H2,1H3,(H2,31,35). The summed E-state index contributed by atoms with van der Waals surface area (Å²) >= 11 is 0. The lowest BCUT2D eigenvalue weighted by Gasteiger charge is -2.29. The fourth-order valence-electron chi connectivity index (χ4n) is 9.39. The third kappa shape index (κ3) is 14.6. The van der Waals surface area contributed by atoms with Gasteiger partial charge in [-0.05, 0) is 155 Å². The molecule has 2 fully saturated rings. The molecule has 0 spiro atoms. The Kier molecular flexibility index (Phi) is 17.9. The molecule has 0 aliphatic carbocycles. The number of piperidine rings is 2. The van der Waals surface area contributed by atoms with Crippen molar-refractivity contribution in [1.82, 2.24) is 30.2 Å². The molecule has 0 atom stereocenters. The third-order valence-corrected chi connectivity index (χ3v) is 13.5. The molecule has 0 bridgehead atoms. The number of alkyl halides is 6. The maximum absolute atomic E-state index is 13.7. The van der Waals surface area contributed by atoms with E-state index in [-0.39, 0.29) is 55.7 Å². The molecule has 2 aliphatic rings. The highest BCUT2D eigenvalue weighted by Crippen LogP contribution is 2.36. The van der Waals surface area contributed by atoms with E-state index in [1.165, 1.54) is 11.1 Å². The van der Waals surface area contributed by atoms with Gasteiger partial charge in [0.25, 0.3) is 0 Å². The van der Waals surface area contributed by atoms with E-state index in [2.05, 4.69) is 49.3 Å². The summed E-state index contributed by atoms with van der Waals surface area (Å²) in [4.78, 5) is 41.9. The zero-order valence-electron chi connectivity index (χ0n) is 41.1. The van der Waals surface area contributed by atoms with E-state index in [0.717, 1.165) is 75.4 Å². The number of rotatable bonds is 16. The first-order chi connectivity index (χ1) is 34.9. The van der Waals surface area contributed by atoms with Crippen molar-refractivity contribution in [3.8, 4) is 11.5 Å². The molecule has 2 aliphatic heterocycles. The van der Waals surface area contributed by atoms with E-state index in [1.54, 1.807) is 62.8 Å². The molecule has 0 radical (unpaired) electrons. The number of carbonyl (C=O) groups excluding carboxylic acids is 2. The normalized spacial score (nSPS) is 14.8. The van der Waals surface area contributed by atoms with Gasteiger partial charge in [-0.15, -0.1) is 0 Å². The molecule has 0 unspecified atom stereocenters. The van der Waals surface area contributed by atoms with Gasteiger partial charge < -0.3 is 31.2 Å². The topological polar surface area (TPSA) is 171 Å². The van der Waals surface area contributed by atoms with Crippen LogP contribution in [0.4, 0.5) is 26.3 Å². The van der Waals surface area contributed by atoms with Gasteiger partial charge >= 0.3 is 12.4 Å². The summed E-state index contributed by atoms with van der Waals surface area (Å²) in [5.74, 6) is 1.69. The molecule has 2 aromatic heterocycles. The predicted octanol–water partition coefficient (Wildman–Crippen LogP) is 9.23. The van der Waals surface area contributed by atoms with Crippen LogP contribution in [-0.2, 0) is 50.9 Å². The monoisotopic (exact) mass is 1010 g/mol. The lowest BCUT2D eigenvalue weighted by atomic mass is 9.88. The maximum Gasteiger partial charge on any atom is 0.419 e. The van der Waals surface area contributed by atoms with Crippen LogP contribution >= 0.6 is 0 Å². The van der Waals surface area contributed by atoms with Gasteiger partial charge in [0.2, 0.25) is 11.8 Å². The minimum absolute atomic E-state index is 0.0400. The van der Waals surface area contributed by atoms with Gasteiger partial charge in [-0.25, -0.2) is 19.9 Å². The Labute approximate surface area is 421 Å². The molecule has 6 aromatic rings. The van der Waals surface area contributed by atoms with E-state index in [4.69, 9.17) is 20.9 Å². The molecule has 5 N–H and O–H groups in total. The van der Waals surface area contributed by atoms with Crippen molar-refractivity contribution >= 4 is 11.8 Å². The van der Waals surface area contributed by atoms with Crippen LogP contribution < -0.4 is 26.3 Å². The number of aryl methyl sites for hydroxylation is 4. The van der Waals surface area contributed by atoms with Crippen LogP contribution in [0.2, 0.25) is 0 Å². The van der Waals surface area contributed by atoms with Gasteiger partial charge in [-0.3, -0.25) is 9.59 Å². The van der Waals surface area contributed by atoms with E-state index in [1.807, 2.05) is 24.3 Å². The van der Waals surface area contributed by atoms with Crippen molar-refractivity contribution in [1.29, 1.82) is 0 Å². The molecule has 386 valence electrons. The minimum Gasteiger partial charge on any atom is -0.496 e. The van der Waals surface area contributed by atoms with Gasteiger partial charge in [-0.1, -0.05) is 48.5 Å². The Hall–Kier alpha value is -6.92. The van der Waals surface area contributed by atoms with Crippen LogP contribution in [0.25, 0.3) is 0 Å². The van der Waals surface area contributed by atoms with Gasteiger partial charge in [-0.2, -0.15) is 26.3 Å². The number of aromatic nitrogens is 4. The summed E-state index contributed by atoms with van der Waals surface area (Å²) in [6, 6.07) is 25.2. The largest absolute Gasteiger partial charge is 0.496 e. The number of primary amides is 2. The highest BCUT2D eigenvalue weighted by molar-refractivity contribution is 5.93. The number of amides is 2. The number of nitrogens with zero attached hydrogens (tertiary/aromatic N) is 5. The zero-order valence-corrected chi connectivity index (χ0v) is 41.1. The molecule has 8 rings (SSSR count). The summed E-state index contributed by atoms with van der Waals surface area (Å²) in [5, 5.41) is 3.36. The molecule has 2 saturated heterocycles. The summed E-state index contributed by atoms with van der Waals surface area (Å²) in [7, 11) is 5.30. The second-order valence-corrected chi connectivity index (χ2v) is 18.5. The Balaban J connectivity index is 0.000000214. The van der Waals surface area contributed by atoms with Crippen molar-refractivity contribution in [3.63, 3.8) is 0 Å². The number of ether oxygens (including phenoxy) is 2. The SMILES string of the molecule is COc1cc(C2CCN(C)CC2)ccc1Cc1ncc(C(F)(F)F)c(CCc2cccc(C(N)=O)c2)n1.COc1cc(C2CCNCC2)ccc1Cc1ncc(C(F)(F)F)c(CCc2cccc(C(N)=O)c2)n1. The van der Waals surface area contributed by atoms with E-state index >= 15 is 0 Å². The van der Waals surface area contributed by atoms with Crippen molar-refractivity contribution in [2.24, 2.45) is 11.5 Å². The van der Waals surface area contributed by atoms with Crippen LogP contribution in [0.5, 0.6) is 11.5 Å². The number of halogens is 6. The predicted molar refractivity (Wildman–Crippen MR) is 265 cm³/mol. The van der Waals surface area contributed by atoms with Gasteiger partial charge in [0.1, 0.15) is 23.1 Å². The third-order valence-electron chi connectivity index (χ3n) is 13.5. The Morgan fingerprint density at radius 2 is 1.04 bits per heavy atom. The van der Waals surface area contributed by atoms with Crippen LogP contribution in [-0.4, -0.2) is 84.1 Å². The van der Waals surface area contributed by atoms with Crippen molar-refractivity contribution < 1.29 is 45.4 Å². The highest BCUT2D eigenvalue weighted by Gasteiger charge is 2.36. The van der Waals surface area contributed by atoms with E-state index in [9.17, 15) is 35.9 Å². The Morgan fingerprint density at radius 1 is 0.616 bits per heavy atom. The van der Waals surface area contributed by atoms with Crippen LogP contribution in [0.1, 0.15) is 126 Å². The average molecular weight is 1010 g/mol. The Morgan fingerprint density at radius 3 is 1.44 bits per heavy atom. The van der Waals surface area contributed by atoms with Crippen molar-refractivity contribution in [3.05, 3.63) is 176 Å². The number of benzene rings is 4. The second-order valence-electron chi connectivity index (χ2n) is 18.5. The van der Waals surface area contributed by atoms with Crippen LogP contribution in [0, 0.1) is 0 Å². The molecule has 18 heteroatoms. The molecule has 12 nitrogen and oxygen atoms in total. The molecule has 73 heavy (non-hydrogen) atoms. The highest BCUT2D eigenvalue weighted by atomic mass is 19.4. The molecule has 2 amide bonds. The van der Waals surface area contributed by atoms with Crippen LogP contribution in [0.3, 0.4) is 0 Å². The average Bonchev–Trinajstić information content (AvgIpc) is 3.38. The molecule has 4 aromatic carbocycles. The maximum atomic E-state index is 13.7. The zero-order chi connectivity index (χ0) is 52.3. The van der Waals surface area contributed by atoms with Gasteiger partial charge in [0, 0.05) is 47.5 Å². The lowest BCUT2D eigenvalue weighted by molar-refractivity contribution is -0.139. The van der Waals surface area contributed by atoms with E-state index in [0.29, 0.717) is 51.4 Å². The first-order valence-corrected chi connectivity index (χ1v) is 24.2. The first-order valence-electron chi connectivity index (χ1n) is 24.2. The minimum atomic E-state index is -4.57. The lowest BCUT2D eigenvalue weighted by Crippen LogP contribution is -2.29. The van der Waals surface area contributed by atoms with Crippen LogP contribution in [0.15, 0.2) is 97.3 Å².